The van der Waals surface area contributed by atoms with Crippen LogP contribution in [-0.4, -0.2) is 78.8 Å². The van der Waals surface area contributed by atoms with Gasteiger partial charge in [-0.3, -0.25) is 14.7 Å². The number of anilines is 1. The van der Waals surface area contributed by atoms with Gasteiger partial charge in [0.15, 0.2) is 0 Å². The first-order valence-electron chi connectivity index (χ1n) is 12.4. The van der Waals surface area contributed by atoms with Crippen molar-refractivity contribution in [2.75, 3.05) is 39.2 Å². The molecule has 2 heterocycles. The highest BCUT2D eigenvalue weighted by molar-refractivity contribution is 5.99. The topological polar surface area (TPSA) is 96.0 Å². The number of hydrogen-bond acceptors (Lipinski definition) is 6. The molecule has 0 spiro atoms. The fourth-order valence-electron chi connectivity index (χ4n) is 4.28. The lowest BCUT2D eigenvalue weighted by molar-refractivity contribution is 0.00901. The number of hydrogen-bond donors (Lipinski definition) is 2. The van der Waals surface area contributed by atoms with Crippen molar-refractivity contribution in [3.63, 3.8) is 0 Å². The molecule has 0 radical (unpaired) electrons. The van der Waals surface area contributed by atoms with E-state index in [1.54, 1.807) is 43.5 Å². The van der Waals surface area contributed by atoms with Gasteiger partial charge in [0.2, 0.25) is 0 Å². The standard InChI is InChI=1S/C27H39N5O4/c1-18(2)29-27(34)30-21-10-11-24-23(13-21)26(33)31(5)16-25(35-6)19(3)14-32(20(4)17-36-24)15-22-9-7-8-12-28-22/h7-13,18-20,25H,14-17H2,1-6H3,(H2,29,30,34)/t19-,20+,25-/m1/s1. The van der Waals surface area contributed by atoms with Gasteiger partial charge in [-0.05, 0) is 57.0 Å². The van der Waals surface area contributed by atoms with Crippen molar-refractivity contribution < 1.29 is 19.1 Å². The van der Waals surface area contributed by atoms with E-state index >= 15 is 0 Å². The van der Waals surface area contributed by atoms with Gasteiger partial charge < -0.3 is 25.0 Å². The molecule has 1 aliphatic rings. The highest BCUT2D eigenvalue weighted by atomic mass is 16.5. The van der Waals surface area contributed by atoms with Gasteiger partial charge in [0, 0.05) is 57.8 Å². The third-order valence-corrected chi connectivity index (χ3v) is 6.34. The molecule has 2 N–H and O–H groups in total. The number of rotatable bonds is 5. The summed E-state index contributed by atoms with van der Waals surface area (Å²) in [6.07, 6.45) is 1.65. The van der Waals surface area contributed by atoms with Crippen LogP contribution in [0, 0.1) is 5.92 Å². The van der Waals surface area contributed by atoms with Crippen LogP contribution in [0.5, 0.6) is 5.75 Å². The van der Waals surface area contributed by atoms with E-state index in [2.05, 4.69) is 34.4 Å². The van der Waals surface area contributed by atoms with Gasteiger partial charge in [-0.25, -0.2) is 4.79 Å². The summed E-state index contributed by atoms with van der Waals surface area (Å²) in [5, 5.41) is 5.59. The Morgan fingerprint density at radius 1 is 1.22 bits per heavy atom. The lowest BCUT2D eigenvalue weighted by Gasteiger charge is -2.35. The van der Waals surface area contributed by atoms with Crippen molar-refractivity contribution in [3.05, 3.63) is 53.9 Å². The van der Waals surface area contributed by atoms with E-state index in [1.807, 2.05) is 32.0 Å². The number of nitrogens with one attached hydrogen (secondary N) is 2. The Hall–Kier alpha value is -3.17. The second kappa shape index (κ2) is 12.7. The molecule has 0 unspecified atom stereocenters. The average Bonchev–Trinajstić information content (AvgIpc) is 2.84. The average molecular weight is 498 g/mol. The summed E-state index contributed by atoms with van der Waals surface area (Å²) in [7, 11) is 3.45. The zero-order valence-corrected chi connectivity index (χ0v) is 22.2. The number of amides is 3. The molecule has 0 fully saturated rings. The molecule has 0 saturated heterocycles. The Labute approximate surface area is 214 Å². The zero-order valence-electron chi connectivity index (χ0n) is 22.2. The SMILES string of the molecule is CO[C@@H]1CN(C)C(=O)c2cc(NC(=O)NC(C)C)ccc2OC[C@H](C)N(Cc2ccccn2)C[C@H]1C. The Morgan fingerprint density at radius 2 is 2.00 bits per heavy atom. The first kappa shape index (κ1) is 27.4. The van der Waals surface area contributed by atoms with E-state index in [1.165, 1.54) is 0 Å². The van der Waals surface area contributed by atoms with Crippen molar-refractivity contribution >= 4 is 17.6 Å². The van der Waals surface area contributed by atoms with E-state index in [0.29, 0.717) is 36.7 Å². The monoisotopic (exact) mass is 497 g/mol. The summed E-state index contributed by atoms with van der Waals surface area (Å²) in [6.45, 7) is 10.3. The van der Waals surface area contributed by atoms with E-state index in [0.717, 1.165) is 12.2 Å². The molecule has 0 bridgehead atoms. The van der Waals surface area contributed by atoms with E-state index < -0.39 is 0 Å². The quantitative estimate of drug-likeness (QED) is 0.655. The van der Waals surface area contributed by atoms with E-state index in [-0.39, 0.29) is 36.0 Å². The fraction of sp³-hybridized carbons (Fsp3) is 0.519. The normalized spacial score (nSPS) is 21.7. The Balaban J connectivity index is 1.91. The first-order valence-corrected chi connectivity index (χ1v) is 12.4. The third-order valence-electron chi connectivity index (χ3n) is 6.34. The maximum Gasteiger partial charge on any atom is 0.319 e. The summed E-state index contributed by atoms with van der Waals surface area (Å²) in [5.41, 5.74) is 1.90. The molecule has 9 heteroatoms. The molecule has 196 valence electrons. The number of methoxy groups -OCH3 is 1. The number of urea groups is 1. The van der Waals surface area contributed by atoms with Gasteiger partial charge in [0.25, 0.3) is 5.91 Å². The minimum absolute atomic E-state index is 0.00567. The van der Waals surface area contributed by atoms with Crippen molar-refractivity contribution in [2.24, 2.45) is 5.92 Å². The van der Waals surface area contributed by atoms with Crippen LogP contribution < -0.4 is 15.4 Å². The molecule has 0 saturated carbocycles. The number of benzene rings is 1. The summed E-state index contributed by atoms with van der Waals surface area (Å²) in [5.74, 6) is 0.447. The van der Waals surface area contributed by atoms with Crippen LogP contribution >= 0.6 is 0 Å². The maximum atomic E-state index is 13.5. The second-order valence-electron chi connectivity index (χ2n) is 9.81. The van der Waals surface area contributed by atoms with Crippen LogP contribution in [0.1, 0.15) is 43.7 Å². The smallest absolute Gasteiger partial charge is 0.319 e. The van der Waals surface area contributed by atoms with E-state index in [9.17, 15) is 9.59 Å². The number of nitrogens with zero attached hydrogens (tertiary/aromatic N) is 3. The lowest BCUT2D eigenvalue weighted by Crippen LogP contribution is -2.46. The molecular weight excluding hydrogens is 458 g/mol. The van der Waals surface area contributed by atoms with E-state index in [4.69, 9.17) is 9.47 Å². The van der Waals surface area contributed by atoms with Crippen molar-refractivity contribution in [2.45, 2.75) is 52.4 Å². The molecule has 1 aliphatic heterocycles. The molecule has 1 aromatic carbocycles. The van der Waals surface area contributed by atoms with Gasteiger partial charge in [0.1, 0.15) is 12.4 Å². The number of ether oxygens (including phenoxy) is 2. The van der Waals surface area contributed by atoms with Crippen LogP contribution in [0.25, 0.3) is 0 Å². The number of fused-ring (bicyclic) bond motifs is 1. The third kappa shape index (κ3) is 7.41. The predicted octanol–water partition coefficient (Wildman–Crippen LogP) is 3.62. The minimum Gasteiger partial charge on any atom is -0.491 e. The van der Waals surface area contributed by atoms with Crippen molar-refractivity contribution in [3.8, 4) is 5.75 Å². The number of carbonyl (C=O) groups excluding carboxylic acids is 2. The summed E-state index contributed by atoms with van der Waals surface area (Å²) in [6, 6.07) is 10.8. The van der Waals surface area contributed by atoms with Gasteiger partial charge in [-0.1, -0.05) is 13.0 Å². The molecular formula is C27H39N5O4. The Kier molecular flexibility index (Phi) is 9.66. The molecule has 2 aromatic rings. The Morgan fingerprint density at radius 3 is 2.67 bits per heavy atom. The van der Waals surface area contributed by atoms with Crippen LogP contribution in [0.3, 0.4) is 0 Å². The number of aromatic nitrogens is 1. The maximum absolute atomic E-state index is 13.5. The van der Waals surface area contributed by atoms with Crippen molar-refractivity contribution in [1.82, 2.24) is 20.1 Å². The molecule has 36 heavy (non-hydrogen) atoms. The van der Waals surface area contributed by atoms with Gasteiger partial charge in [0.05, 0.1) is 17.4 Å². The summed E-state index contributed by atoms with van der Waals surface area (Å²) < 4.78 is 12.0. The van der Waals surface area contributed by atoms with Crippen LogP contribution in [0.4, 0.5) is 10.5 Å². The van der Waals surface area contributed by atoms with Crippen molar-refractivity contribution in [1.29, 1.82) is 0 Å². The number of likely N-dealkylation sites (N-methyl/N-ethyl adjacent to an activating group) is 1. The minimum atomic E-state index is -0.327. The first-order chi connectivity index (χ1) is 17.2. The van der Waals surface area contributed by atoms with Gasteiger partial charge in [-0.15, -0.1) is 0 Å². The molecule has 3 rings (SSSR count). The summed E-state index contributed by atoms with van der Waals surface area (Å²) in [4.78, 5) is 34.2. The molecule has 9 nitrogen and oxygen atoms in total. The molecule has 1 aromatic heterocycles. The predicted molar refractivity (Wildman–Crippen MR) is 140 cm³/mol. The number of pyridine rings is 1. The zero-order chi connectivity index (χ0) is 26.2. The lowest BCUT2D eigenvalue weighted by atomic mass is 10.0. The Bertz CT molecular complexity index is 1020. The second-order valence-corrected chi connectivity index (χ2v) is 9.81. The van der Waals surface area contributed by atoms with Crippen LogP contribution in [-0.2, 0) is 11.3 Å². The highest BCUT2D eigenvalue weighted by Gasteiger charge is 2.28. The largest absolute Gasteiger partial charge is 0.491 e. The molecule has 3 amide bonds. The van der Waals surface area contributed by atoms with Crippen LogP contribution in [0.15, 0.2) is 42.6 Å². The summed E-state index contributed by atoms with van der Waals surface area (Å²) >= 11 is 0. The van der Waals surface area contributed by atoms with Crippen LogP contribution in [0.2, 0.25) is 0 Å². The molecule has 3 atom stereocenters. The molecule has 0 aliphatic carbocycles. The highest BCUT2D eigenvalue weighted by Crippen LogP contribution is 2.26. The van der Waals surface area contributed by atoms with Gasteiger partial charge >= 0.3 is 6.03 Å². The van der Waals surface area contributed by atoms with Gasteiger partial charge in [-0.2, -0.15) is 0 Å². The fourth-order valence-corrected chi connectivity index (χ4v) is 4.28. The number of carbonyl (C=O) groups is 2.